The van der Waals surface area contributed by atoms with Gasteiger partial charge in [0.15, 0.2) is 0 Å². The Morgan fingerprint density at radius 3 is 2.41 bits per heavy atom. The van der Waals surface area contributed by atoms with Crippen molar-refractivity contribution in [3.05, 3.63) is 65.8 Å². The lowest BCUT2D eigenvalue weighted by atomic mass is 9.88. The number of nitrogens with two attached hydrogens (primary N) is 2. The van der Waals surface area contributed by atoms with Gasteiger partial charge in [0.05, 0.1) is 0 Å². The number of hydrazine groups is 2. The third-order valence-electron chi connectivity index (χ3n) is 7.09. The maximum atomic E-state index is 13.0. The van der Waals surface area contributed by atoms with Gasteiger partial charge >= 0.3 is 5.97 Å². The minimum absolute atomic E-state index is 0.102. The molecule has 1 heterocycles. The number of hydrogen-bond acceptors (Lipinski definition) is 6. The fourth-order valence-corrected chi connectivity index (χ4v) is 5.03. The van der Waals surface area contributed by atoms with Gasteiger partial charge in [-0.3, -0.25) is 27.3 Å². The molecule has 0 aromatic heterocycles. The van der Waals surface area contributed by atoms with Crippen LogP contribution in [0.5, 0.6) is 0 Å². The van der Waals surface area contributed by atoms with Gasteiger partial charge in [-0.05, 0) is 60.3 Å². The van der Waals surface area contributed by atoms with E-state index in [0.717, 1.165) is 48.9 Å². The first-order chi connectivity index (χ1) is 18.7. The molecule has 0 radical (unpaired) electrons. The number of carbonyl (C=O) groups excluding carboxylic acids is 1. The number of hydrogen-bond donors (Lipinski definition) is 5. The molecule has 1 aliphatic rings. The van der Waals surface area contributed by atoms with E-state index >= 15 is 0 Å². The number of nitrogens with one attached hydrogen (secondary N) is 2. The normalized spacial score (nSPS) is 19.3. The minimum Gasteiger partial charge on any atom is -0.480 e. The molecule has 39 heavy (non-hydrogen) atoms. The minimum atomic E-state index is -0.957. The van der Waals surface area contributed by atoms with Gasteiger partial charge in [0.1, 0.15) is 6.04 Å². The topological polar surface area (TPSA) is 134 Å². The number of carbonyl (C=O) groups is 2. The molecule has 7 N–H and O–H groups in total. The molecule has 0 bridgehead atoms. The van der Waals surface area contributed by atoms with Crippen LogP contribution in [0.1, 0.15) is 84.3 Å². The summed E-state index contributed by atoms with van der Waals surface area (Å²) in [5.41, 5.74) is 11.3. The number of nitrogens with zero attached hydrogens (tertiary/aromatic N) is 1. The third-order valence-corrected chi connectivity index (χ3v) is 7.09. The molecule has 8 nitrogen and oxygen atoms in total. The van der Waals surface area contributed by atoms with Gasteiger partial charge in [-0.2, -0.15) is 0 Å². The van der Waals surface area contributed by atoms with Gasteiger partial charge in [0.2, 0.25) is 5.91 Å². The zero-order valence-corrected chi connectivity index (χ0v) is 24.6. The van der Waals surface area contributed by atoms with Crippen LogP contribution >= 0.6 is 0 Å². The van der Waals surface area contributed by atoms with Crippen molar-refractivity contribution in [2.75, 3.05) is 6.54 Å². The highest BCUT2D eigenvalue weighted by molar-refractivity contribution is 5.84. The number of unbranched alkanes of at least 4 members (excludes halogenated alkanes) is 1. The second-order valence-corrected chi connectivity index (χ2v) is 10.5. The van der Waals surface area contributed by atoms with E-state index in [1.807, 2.05) is 45.9 Å². The average molecular weight is 542 g/mol. The Kier molecular flexibility index (Phi) is 16.2. The summed E-state index contributed by atoms with van der Waals surface area (Å²) < 4.78 is 0. The molecule has 0 saturated carbocycles. The Bertz CT molecular complexity index is 945. The SMILES string of the molecule is C=C/C=C(\C(=C/C)c1ccc(CN(C(=O)CCCC)C(C(=O)O)C(C)C)cc1)C1CCCC(C)CNN1.NN. The first-order valence-electron chi connectivity index (χ1n) is 14.2. The zero-order valence-electron chi connectivity index (χ0n) is 24.6. The maximum Gasteiger partial charge on any atom is 0.326 e. The van der Waals surface area contributed by atoms with E-state index in [4.69, 9.17) is 0 Å². The molecule has 8 heteroatoms. The molecule has 1 aromatic rings. The number of amides is 1. The van der Waals surface area contributed by atoms with Crippen molar-refractivity contribution >= 4 is 17.4 Å². The largest absolute Gasteiger partial charge is 0.480 e. The molecule has 1 fully saturated rings. The lowest BCUT2D eigenvalue weighted by molar-refractivity contribution is -0.153. The molecule has 1 saturated heterocycles. The molecule has 1 aliphatic heterocycles. The number of rotatable bonds is 12. The molecule has 3 atom stereocenters. The highest BCUT2D eigenvalue weighted by Crippen LogP contribution is 2.29. The van der Waals surface area contributed by atoms with Crippen LogP contribution in [0, 0.1) is 11.8 Å². The summed E-state index contributed by atoms with van der Waals surface area (Å²) in [4.78, 5) is 26.6. The molecule has 0 aliphatic carbocycles. The van der Waals surface area contributed by atoms with Crippen molar-refractivity contribution in [3.8, 4) is 0 Å². The van der Waals surface area contributed by atoms with Crippen LogP contribution in [0.2, 0.25) is 0 Å². The van der Waals surface area contributed by atoms with Gasteiger partial charge in [-0.1, -0.05) is 89.6 Å². The van der Waals surface area contributed by atoms with Crippen LogP contribution in [0.3, 0.4) is 0 Å². The van der Waals surface area contributed by atoms with E-state index in [2.05, 4.69) is 60.3 Å². The van der Waals surface area contributed by atoms with Crippen LogP contribution in [0.4, 0.5) is 0 Å². The van der Waals surface area contributed by atoms with Crippen molar-refractivity contribution in [2.24, 2.45) is 23.5 Å². The first kappa shape index (κ1) is 34.2. The van der Waals surface area contributed by atoms with Crippen LogP contribution in [-0.2, 0) is 16.1 Å². The zero-order chi connectivity index (χ0) is 29.4. The van der Waals surface area contributed by atoms with E-state index in [1.54, 1.807) is 4.90 Å². The summed E-state index contributed by atoms with van der Waals surface area (Å²) in [6.07, 6.45) is 11.5. The predicted molar refractivity (Wildman–Crippen MR) is 161 cm³/mol. The highest BCUT2D eigenvalue weighted by Gasteiger charge is 2.32. The second-order valence-electron chi connectivity index (χ2n) is 10.5. The average Bonchev–Trinajstić information content (AvgIpc) is 2.90. The van der Waals surface area contributed by atoms with Crippen LogP contribution in [0.15, 0.2) is 54.6 Å². The van der Waals surface area contributed by atoms with Gasteiger partial charge < -0.3 is 10.0 Å². The number of carboxylic acid groups (broad SMARTS) is 1. The Morgan fingerprint density at radius 2 is 1.87 bits per heavy atom. The number of carboxylic acids is 1. The lowest BCUT2D eigenvalue weighted by Crippen LogP contribution is -2.47. The number of benzene rings is 1. The van der Waals surface area contributed by atoms with E-state index in [1.165, 1.54) is 12.0 Å². The third kappa shape index (κ3) is 10.7. The summed E-state index contributed by atoms with van der Waals surface area (Å²) in [6.45, 7) is 15.2. The molecule has 1 amide bonds. The van der Waals surface area contributed by atoms with Gasteiger partial charge in [0.25, 0.3) is 0 Å². The van der Waals surface area contributed by atoms with E-state index in [9.17, 15) is 14.7 Å². The fourth-order valence-electron chi connectivity index (χ4n) is 5.03. The van der Waals surface area contributed by atoms with Crippen LogP contribution in [0.25, 0.3) is 5.57 Å². The van der Waals surface area contributed by atoms with Gasteiger partial charge in [-0.15, -0.1) is 0 Å². The summed E-state index contributed by atoms with van der Waals surface area (Å²) >= 11 is 0. The molecule has 1 aromatic carbocycles. The van der Waals surface area contributed by atoms with Crippen LogP contribution < -0.4 is 22.5 Å². The summed E-state index contributed by atoms with van der Waals surface area (Å²) in [5.74, 6) is 7.41. The predicted octanol–water partition coefficient (Wildman–Crippen LogP) is 4.93. The summed E-state index contributed by atoms with van der Waals surface area (Å²) in [6, 6.07) is 7.48. The quantitative estimate of drug-likeness (QED) is 0.144. The Morgan fingerprint density at radius 1 is 1.21 bits per heavy atom. The molecular weight excluding hydrogens is 490 g/mol. The van der Waals surface area contributed by atoms with Crippen molar-refractivity contribution < 1.29 is 14.7 Å². The van der Waals surface area contributed by atoms with Crippen molar-refractivity contribution in [1.82, 2.24) is 15.8 Å². The lowest BCUT2D eigenvalue weighted by Gasteiger charge is -2.32. The highest BCUT2D eigenvalue weighted by atomic mass is 16.4. The molecular formula is C31H51N5O3. The molecule has 0 spiro atoms. The van der Waals surface area contributed by atoms with E-state index in [-0.39, 0.29) is 24.4 Å². The summed E-state index contributed by atoms with van der Waals surface area (Å²) in [5, 5.41) is 9.88. The van der Waals surface area contributed by atoms with E-state index < -0.39 is 12.0 Å². The van der Waals surface area contributed by atoms with Crippen molar-refractivity contribution in [3.63, 3.8) is 0 Å². The summed E-state index contributed by atoms with van der Waals surface area (Å²) in [7, 11) is 0. The van der Waals surface area contributed by atoms with Gasteiger partial charge in [0, 0.05) is 25.6 Å². The Balaban J connectivity index is 0.00000371. The molecule has 2 rings (SSSR count). The standard InChI is InChI=1S/C31H47N3O3.H4N2/c1-7-10-15-29(35)34(30(22(4)5)31(36)37)21-24-16-18-25(19-17-24)26(9-3)27(12-8-2)28-14-11-13-23(6)20-32-33-28;1-2/h8-9,12,16-19,22-23,28,30,32-33H,2,7,10-11,13-15,20-21H2,1,3-6H3,(H,36,37);1-2H2/b26-9-,27-12+;. The monoisotopic (exact) mass is 541 g/mol. The fraction of sp³-hybridized carbons (Fsp3) is 0.548. The number of allylic oxidation sites excluding steroid dienone is 3. The van der Waals surface area contributed by atoms with Gasteiger partial charge in [-0.25, -0.2) is 4.79 Å². The smallest absolute Gasteiger partial charge is 0.326 e. The maximum absolute atomic E-state index is 13.0. The van der Waals surface area contributed by atoms with Crippen molar-refractivity contribution in [2.45, 2.75) is 91.8 Å². The van der Waals surface area contributed by atoms with E-state index in [0.29, 0.717) is 12.3 Å². The molecule has 3 unspecified atom stereocenters. The Labute approximate surface area is 235 Å². The van der Waals surface area contributed by atoms with Crippen molar-refractivity contribution in [1.29, 1.82) is 0 Å². The first-order valence-corrected chi connectivity index (χ1v) is 14.2. The second kappa shape index (κ2) is 18.5. The molecule has 218 valence electrons. The Hall–Kier alpha value is -2.78. The van der Waals surface area contributed by atoms with Crippen LogP contribution in [-0.4, -0.2) is 40.5 Å². The number of aliphatic carboxylic acids is 1.